The van der Waals surface area contributed by atoms with Gasteiger partial charge in [0.1, 0.15) is 10.9 Å². The fourth-order valence-electron chi connectivity index (χ4n) is 2.24. The molecule has 2 nitrogen and oxygen atoms in total. The minimum absolute atomic E-state index is 0.562. The Morgan fingerprint density at radius 2 is 1.85 bits per heavy atom. The zero-order valence-corrected chi connectivity index (χ0v) is 11.9. The first-order valence-electron chi connectivity index (χ1n) is 6.43. The van der Waals surface area contributed by atoms with Crippen LogP contribution in [0, 0.1) is 0 Å². The van der Waals surface area contributed by atoms with Crippen LogP contribution in [-0.4, -0.2) is 12.1 Å². The highest BCUT2D eigenvalue weighted by molar-refractivity contribution is 6.30. The molecule has 3 rings (SSSR count). The van der Waals surface area contributed by atoms with E-state index in [9.17, 15) is 0 Å². The summed E-state index contributed by atoms with van der Waals surface area (Å²) in [5, 5.41) is 1.60. The molecular formula is C17H14ClNO. The van der Waals surface area contributed by atoms with Crippen molar-refractivity contribution in [2.75, 3.05) is 7.11 Å². The van der Waals surface area contributed by atoms with Gasteiger partial charge in [0.15, 0.2) is 0 Å². The van der Waals surface area contributed by atoms with Crippen LogP contribution in [-0.2, 0) is 6.42 Å². The smallest absolute Gasteiger partial charge is 0.133 e. The number of benzene rings is 2. The molecule has 1 heterocycles. The summed E-state index contributed by atoms with van der Waals surface area (Å²) in [5.41, 5.74) is 3.13. The molecule has 3 heteroatoms. The monoisotopic (exact) mass is 283 g/mol. The molecule has 0 spiro atoms. The normalized spacial score (nSPS) is 10.7. The molecule has 0 fully saturated rings. The number of aromatic nitrogens is 1. The van der Waals surface area contributed by atoms with Crippen molar-refractivity contribution < 1.29 is 4.74 Å². The number of rotatable bonds is 3. The maximum atomic E-state index is 6.28. The van der Waals surface area contributed by atoms with Gasteiger partial charge in [-0.3, -0.25) is 0 Å². The van der Waals surface area contributed by atoms with E-state index < -0.39 is 0 Å². The molecule has 0 saturated heterocycles. The zero-order chi connectivity index (χ0) is 13.9. The average molecular weight is 284 g/mol. The van der Waals surface area contributed by atoms with E-state index in [1.54, 1.807) is 7.11 Å². The van der Waals surface area contributed by atoms with E-state index in [2.05, 4.69) is 23.2 Å². The Bertz CT molecular complexity index is 741. The van der Waals surface area contributed by atoms with Crippen LogP contribution < -0.4 is 4.74 Å². The maximum absolute atomic E-state index is 6.28. The summed E-state index contributed by atoms with van der Waals surface area (Å²) >= 11 is 6.28. The molecule has 0 unspecified atom stereocenters. The number of fused-ring (bicyclic) bond motifs is 1. The Hall–Kier alpha value is -2.06. The highest BCUT2D eigenvalue weighted by Crippen LogP contribution is 2.25. The molecule has 1 aromatic heterocycles. The van der Waals surface area contributed by atoms with Crippen molar-refractivity contribution in [3.63, 3.8) is 0 Å². The van der Waals surface area contributed by atoms with Crippen molar-refractivity contribution in [1.29, 1.82) is 0 Å². The third kappa shape index (κ3) is 2.61. The van der Waals surface area contributed by atoms with Crippen LogP contribution in [0.3, 0.4) is 0 Å². The first-order valence-corrected chi connectivity index (χ1v) is 6.81. The lowest BCUT2D eigenvalue weighted by Crippen LogP contribution is -1.93. The summed E-state index contributed by atoms with van der Waals surface area (Å²) in [6, 6.07) is 18.1. The Balaban J connectivity index is 2.04. The van der Waals surface area contributed by atoms with Crippen molar-refractivity contribution in [2.24, 2.45) is 0 Å². The summed E-state index contributed by atoms with van der Waals surface area (Å²) in [5.74, 6) is 0.826. The lowest BCUT2D eigenvalue weighted by molar-refractivity contribution is 0.415. The van der Waals surface area contributed by atoms with Gasteiger partial charge in [-0.05, 0) is 35.4 Å². The lowest BCUT2D eigenvalue weighted by Gasteiger charge is -2.07. The van der Waals surface area contributed by atoms with Crippen molar-refractivity contribution in [1.82, 2.24) is 4.98 Å². The Kier molecular flexibility index (Phi) is 3.57. The number of halogens is 1. The number of methoxy groups -OCH3 is 1. The fraction of sp³-hybridized carbons (Fsp3) is 0.118. The second-order valence-corrected chi connectivity index (χ2v) is 5.02. The molecule has 3 aromatic rings. The summed E-state index contributed by atoms with van der Waals surface area (Å²) in [6.07, 6.45) is 0.778. The van der Waals surface area contributed by atoms with Gasteiger partial charge in [0, 0.05) is 11.8 Å². The highest BCUT2D eigenvalue weighted by atomic mass is 35.5. The Morgan fingerprint density at radius 1 is 1.05 bits per heavy atom. The van der Waals surface area contributed by atoms with Crippen LogP contribution >= 0.6 is 11.6 Å². The van der Waals surface area contributed by atoms with Crippen molar-refractivity contribution in [3.8, 4) is 5.75 Å². The number of ether oxygens (including phenoxy) is 1. The molecule has 0 bridgehead atoms. The SMILES string of the molecule is COc1ccc2nc(Cl)c(Cc3ccccc3)cc2c1. The predicted octanol–water partition coefficient (Wildman–Crippen LogP) is 4.49. The van der Waals surface area contributed by atoms with Crippen LogP contribution in [0.5, 0.6) is 5.75 Å². The molecule has 0 radical (unpaired) electrons. The van der Waals surface area contributed by atoms with Gasteiger partial charge in [0.2, 0.25) is 0 Å². The molecule has 2 aromatic carbocycles. The first kappa shape index (κ1) is 12.9. The minimum atomic E-state index is 0.562. The summed E-state index contributed by atoms with van der Waals surface area (Å²) < 4.78 is 5.25. The van der Waals surface area contributed by atoms with E-state index in [1.165, 1.54) is 5.56 Å². The largest absolute Gasteiger partial charge is 0.497 e. The topological polar surface area (TPSA) is 22.1 Å². The van der Waals surface area contributed by atoms with Gasteiger partial charge in [-0.25, -0.2) is 4.98 Å². The van der Waals surface area contributed by atoms with Gasteiger partial charge >= 0.3 is 0 Å². The number of pyridine rings is 1. The number of nitrogens with zero attached hydrogens (tertiary/aromatic N) is 1. The van der Waals surface area contributed by atoms with E-state index in [-0.39, 0.29) is 0 Å². The maximum Gasteiger partial charge on any atom is 0.133 e. The Labute approximate surface area is 123 Å². The molecule has 0 N–H and O–H groups in total. The Morgan fingerprint density at radius 3 is 2.60 bits per heavy atom. The molecule has 0 aliphatic carbocycles. The average Bonchev–Trinajstić information content (AvgIpc) is 2.48. The third-order valence-corrected chi connectivity index (χ3v) is 3.61. The quantitative estimate of drug-likeness (QED) is 0.661. The summed E-state index contributed by atoms with van der Waals surface area (Å²) in [4.78, 5) is 4.46. The molecule has 0 saturated carbocycles. The van der Waals surface area contributed by atoms with E-state index >= 15 is 0 Å². The van der Waals surface area contributed by atoms with E-state index in [0.717, 1.165) is 28.6 Å². The van der Waals surface area contributed by atoms with Crippen LogP contribution in [0.25, 0.3) is 10.9 Å². The second kappa shape index (κ2) is 5.51. The molecule has 0 atom stereocenters. The number of hydrogen-bond donors (Lipinski definition) is 0. The summed E-state index contributed by atoms with van der Waals surface area (Å²) in [6.45, 7) is 0. The molecule has 0 aliphatic rings. The highest BCUT2D eigenvalue weighted by Gasteiger charge is 2.07. The van der Waals surface area contributed by atoms with Crippen molar-refractivity contribution in [3.05, 3.63) is 70.9 Å². The van der Waals surface area contributed by atoms with E-state index in [1.807, 2.05) is 36.4 Å². The van der Waals surface area contributed by atoms with Gasteiger partial charge < -0.3 is 4.74 Å². The molecule has 0 amide bonds. The van der Waals surface area contributed by atoms with Gasteiger partial charge in [-0.1, -0.05) is 41.9 Å². The number of hydrogen-bond acceptors (Lipinski definition) is 2. The first-order chi connectivity index (χ1) is 9.76. The summed E-state index contributed by atoms with van der Waals surface area (Å²) in [7, 11) is 1.66. The van der Waals surface area contributed by atoms with Crippen LogP contribution in [0.2, 0.25) is 5.15 Å². The standard InChI is InChI=1S/C17H14ClNO/c1-20-15-7-8-16-13(11-15)10-14(17(18)19-16)9-12-5-3-2-4-6-12/h2-8,10-11H,9H2,1H3. The zero-order valence-electron chi connectivity index (χ0n) is 11.1. The van der Waals surface area contributed by atoms with Crippen LogP contribution in [0.15, 0.2) is 54.6 Å². The third-order valence-electron chi connectivity index (χ3n) is 3.29. The van der Waals surface area contributed by atoms with Gasteiger partial charge in [0.05, 0.1) is 12.6 Å². The lowest BCUT2D eigenvalue weighted by atomic mass is 10.0. The van der Waals surface area contributed by atoms with Crippen molar-refractivity contribution in [2.45, 2.75) is 6.42 Å². The van der Waals surface area contributed by atoms with E-state index in [4.69, 9.17) is 16.3 Å². The van der Waals surface area contributed by atoms with Gasteiger partial charge in [-0.15, -0.1) is 0 Å². The van der Waals surface area contributed by atoms with Gasteiger partial charge in [0.25, 0.3) is 0 Å². The van der Waals surface area contributed by atoms with E-state index in [0.29, 0.717) is 5.15 Å². The fourth-order valence-corrected chi connectivity index (χ4v) is 2.45. The van der Waals surface area contributed by atoms with Gasteiger partial charge in [-0.2, -0.15) is 0 Å². The van der Waals surface area contributed by atoms with Crippen molar-refractivity contribution >= 4 is 22.5 Å². The molecular weight excluding hydrogens is 270 g/mol. The second-order valence-electron chi connectivity index (χ2n) is 4.66. The predicted molar refractivity (Wildman–Crippen MR) is 82.6 cm³/mol. The minimum Gasteiger partial charge on any atom is -0.497 e. The molecule has 20 heavy (non-hydrogen) atoms. The molecule has 100 valence electrons. The van der Waals surface area contributed by atoms with Crippen LogP contribution in [0.1, 0.15) is 11.1 Å². The van der Waals surface area contributed by atoms with Crippen LogP contribution in [0.4, 0.5) is 0 Å². The molecule has 0 aliphatic heterocycles.